The van der Waals surface area contributed by atoms with Gasteiger partial charge in [0.15, 0.2) is 5.16 Å². The van der Waals surface area contributed by atoms with E-state index in [9.17, 15) is 4.79 Å². The number of halogens is 1. The highest BCUT2D eigenvalue weighted by Gasteiger charge is 2.12. The fourth-order valence-corrected chi connectivity index (χ4v) is 2.86. The summed E-state index contributed by atoms with van der Waals surface area (Å²) in [6, 6.07) is 1.93. The Balaban J connectivity index is 2.34. The van der Waals surface area contributed by atoms with E-state index in [0.717, 1.165) is 21.5 Å². The molecule has 2 aromatic rings. The monoisotopic (exact) mass is 328 g/mol. The maximum Gasteiger partial charge on any atom is 0.343 e. The number of aromatic nitrogens is 4. The van der Waals surface area contributed by atoms with Gasteiger partial charge in [-0.25, -0.2) is 14.9 Å². The lowest BCUT2D eigenvalue weighted by atomic mass is 10.3. The largest absolute Gasteiger partial charge is 0.343 e. The predicted molar refractivity (Wildman–Crippen MR) is 73.9 cm³/mol. The first-order valence-corrected chi connectivity index (χ1v) is 7.18. The molecule has 0 spiro atoms. The third-order valence-corrected chi connectivity index (χ3v) is 4.67. The first kappa shape index (κ1) is 13.4. The van der Waals surface area contributed by atoms with Gasteiger partial charge in [0.25, 0.3) is 0 Å². The topological polar surface area (TPSA) is 63.6 Å². The summed E-state index contributed by atoms with van der Waals surface area (Å²) in [5.41, 5.74) is 0.926. The molecule has 0 radical (unpaired) electrons. The normalized spacial score (nSPS) is 10.8. The van der Waals surface area contributed by atoms with Crippen LogP contribution in [0.3, 0.4) is 0 Å². The lowest BCUT2D eigenvalue weighted by Crippen LogP contribution is -2.17. The number of aromatic amines is 1. The average Bonchev–Trinajstić information content (AvgIpc) is 2.68. The molecule has 0 saturated carbocycles. The minimum absolute atomic E-state index is 0.178. The van der Waals surface area contributed by atoms with E-state index >= 15 is 0 Å². The molecule has 0 amide bonds. The average molecular weight is 329 g/mol. The van der Waals surface area contributed by atoms with E-state index in [1.807, 2.05) is 19.9 Å². The Hall–Kier alpha value is -1.08. The Bertz CT molecular complexity index is 607. The molecule has 0 aliphatic carbocycles. The van der Waals surface area contributed by atoms with Crippen LogP contribution >= 0.6 is 27.7 Å². The minimum Gasteiger partial charge on any atom is -0.270 e. The molecule has 0 aliphatic heterocycles. The van der Waals surface area contributed by atoms with Gasteiger partial charge in [-0.2, -0.15) is 0 Å². The number of hydrogen-bond donors (Lipinski definition) is 1. The molecule has 0 aliphatic rings. The number of pyridine rings is 1. The number of nitrogens with zero attached hydrogens (tertiary/aromatic N) is 3. The smallest absolute Gasteiger partial charge is 0.270 e. The minimum atomic E-state index is -0.178. The molecule has 0 bridgehead atoms. The summed E-state index contributed by atoms with van der Waals surface area (Å²) in [5.74, 6) is 0. The number of H-pyrrole nitrogens is 1. The van der Waals surface area contributed by atoms with Crippen LogP contribution in [0.2, 0.25) is 0 Å². The van der Waals surface area contributed by atoms with E-state index in [1.165, 1.54) is 11.8 Å². The van der Waals surface area contributed by atoms with Gasteiger partial charge in [-0.1, -0.05) is 6.92 Å². The Morgan fingerprint density at radius 1 is 1.56 bits per heavy atom. The lowest BCUT2D eigenvalue weighted by Gasteiger charge is -2.06. The van der Waals surface area contributed by atoms with Crippen LogP contribution in [-0.4, -0.2) is 19.7 Å². The molecule has 2 rings (SSSR count). The van der Waals surface area contributed by atoms with Gasteiger partial charge in [0, 0.05) is 12.7 Å². The fraction of sp³-hybridized carbons (Fsp3) is 0.364. The molecule has 2 aromatic heterocycles. The number of rotatable bonds is 4. The molecule has 96 valence electrons. The van der Waals surface area contributed by atoms with E-state index in [0.29, 0.717) is 11.7 Å². The van der Waals surface area contributed by atoms with Crippen molar-refractivity contribution in [2.24, 2.45) is 0 Å². The third kappa shape index (κ3) is 2.67. The second kappa shape index (κ2) is 5.71. The van der Waals surface area contributed by atoms with Crippen LogP contribution in [0.5, 0.6) is 0 Å². The molecule has 1 N–H and O–H groups in total. The van der Waals surface area contributed by atoms with Gasteiger partial charge in [0.05, 0.1) is 4.47 Å². The highest BCUT2D eigenvalue weighted by molar-refractivity contribution is 9.10. The standard InChI is InChI=1S/C11H13BrN4OS/c1-3-6-16-10(17)14-15-11(16)18-9-8(12)7(2)4-5-13-9/h4-5H,3,6H2,1-2H3,(H,14,17). The molecular weight excluding hydrogens is 316 g/mol. The molecule has 5 nitrogen and oxygen atoms in total. The second-order valence-electron chi connectivity index (χ2n) is 3.81. The molecule has 0 unspecified atom stereocenters. The van der Waals surface area contributed by atoms with Crippen LogP contribution in [-0.2, 0) is 6.54 Å². The van der Waals surface area contributed by atoms with Crippen molar-refractivity contribution in [1.82, 2.24) is 19.7 Å². The van der Waals surface area contributed by atoms with Crippen molar-refractivity contribution in [2.45, 2.75) is 37.0 Å². The van der Waals surface area contributed by atoms with Gasteiger partial charge in [-0.05, 0) is 52.7 Å². The van der Waals surface area contributed by atoms with Crippen LogP contribution in [0.15, 0.2) is 31.7 Å². The van der Waals surface area contributed by atoms with Crippen molar-refractivity contribution >= 4 is 27.7 Å². The number of aryl methyl sites for hydroxylation is 1. The van der Waals surface area contributed by atoms with Crippen molar-refractivity contribution in [3.8, 4) is 0 Å². The van der Waals surface area contributed by atoms with Crippen LogP contribution in [0.25, 0.3) is 0 Å². The van der Waals surface area contributed by atoms with Crippen molar-refractivity contribution in [1.29, 1.82) is 0 Å². The maximum atomic E-state index is 11.6. The molecule has 0 fully saturated rings. The number of hydrogen-bond acceptors (Lipinski definition) is 4. The Kier molecular flexibility index (Phi) is 4.23. The van der Waals surface area contributed by atoms with Crippen molar-refractivity contribution in [3.63, 3.8) is 0 Å². The molecular formula is C11H13BrN4OS. The summed E-state index contributed by atoms with van der Waals surface area (Å²) in [7, 11) is 0. The van der Waals surface area contributed by atoms with Gasteiger partial charge in [-0.15, -0.1) is 5.10 Å². The lowest BCUT2D eigenvalue weighted by molar-refractivity contribution is 0.603. The number of nitrogens with one attached hydrogen (secondary N) is 1. The zero-order valence-electron chi connectivity index (χ0n) is 10.1. The first-order valence-electron chi connectivity index (χ1n) is 5.57. The SMILES string of the molecule is CCCn1c(Sc2nccc(C)c2Br)n[nH]c1=O. The predicted octanol–water partition coefficient (Wildman–Crippen LogP) is 2.60. The van der Waals surface area contributed by atoms with Gasteiger partial charge in [-0.3, -0.25) is 4.57 Å². The van der Waals surface area contributed by atoms with Gasteiger partial charge < -0.3 is 0 Å². The van der Waals surface area contributed by atoms with Crippen molar-refractivity contribution < 1.29 is 0 Å². The fourth-order valence-electron chi connectivity index (χ4n) is 1.47. The zero-order valence-corrected chi connectivity index (χ0v) is 12.5. The summed E-state index contributed by atoms with van der Waals surface area (Å²) in [6.45, 7) is 4.68. The van der Waals surface area contributed by atoms with E-state index in [2.05, 4.69) is 31.1 Å². The summed E-state index contributed by atoms with van der Waals surface area (Å²) >= 11 is 4.88. The molecule has 2 heterocycles. The van der Waals surface area contributed by atoms with Gasteiger partial charge >= 0.3 is 5.69 Å². The van der Waals surface area contributed by atoms with E-state index in [4.69, 9.17) is 0 Å². The summed E-state index contributed by atoms with van der Waals surface area (Å²) < 4.78 is 2.56. The molecule has 18 heavy (non-hydrogen) atoms. The zero-order chi connectivity index (χ0) is 13.1. The summed E-state index contributed by atoms with van der Waals surface area (Å²) in [6.07, 6.45) is 2.63. The third-order valence-electron chi connectivity index (χ3n) is 2.41. The molecule has 0 saturated heterocycles. The summed E-state index contributed by atoms with van der Waals surface area (Å²) in [5, 5.41) is 7.95. The van der Waals surface area contributed by atoms with Crippen LogP contribution in [0, 0.1) is 6.92 Å². The molecule has 0 aromatic carbocycles. The van der Waals surface area contributed by atoms with E-state index < -0.39 is 0 Å². The Morgan fingerprint density at radius 2 is 2.33 bits per heavy atom. The van der Waals surface area contributed by atoms with Crippen LogP contribution in [0.1, 0.15) is 18.9 Å². The highest BCUT2D eigenvalue weighted by Crippen LogP contribution is 2.31. The Labute approximate surface area is 117 Å². The highest BCUT2D eigenvalue weighted by atomic mass is 79.9. The summed E-state index contributed by atoms with van der Waals surface area (Å²) in [4.78, 5) is 15.9. The molecule has 7 heteroatoms. The van der Waals surface area contributed by atoms with E-state index in [-0.39, 0.29) is 5.69 Å². The van der Waals surface area contributed by atoms with E-state index in [1.54, 1.807) is 10.8 Å². The van der Waals surface area contributed by atoms with Gasteiger partial charge in [0.2, 0.25) is 0 Å². The quantitative estimate of drug-likeness (QED) is 0.936. The second-order valence-corrected chi connectivity index (χ2v) is 5.56. The first-order chi connectivity index (χ1) is 8.63. The van der Waals surface area contributed by atoms with Crippen molar-refractivity contribution in [2.75, 3.05) is 0 Å². The van der Waals surface area contributed by atoms with Crippen LogP contribution in [0.4, 0.5) is 0 Å². The van der Waals surface area contributed by atoms with Crippen molar-refractivity contribution in [3.05, 3.63) is 32.8 Å². The Morgan fingerprint density at radius 3 is 3.06 bits per heavy atom. The van der Waals surface area contributed by atoms with Gasteiger partial charge in [0.1, 0.15) is 5.03 Å². The maximum absolute atomic E-state index is 11.6. The molecule has 0 atom stereocenters. The van der Waals surface area contributed by atoms with Crippen LogP contribution < -0.4 is 5.69 Å².